The van der Waals surface area contributed by atoms with E-state index in [1.807, 2.05) is 0 Å². The van der Waals surface area contributed by atoms with Crippen LogP contribution in [-0.2, 0) is 4.74 Å². The molecule has 0 aliphatic heterocycles. The van der Waals surface area contributed by atoms with Crippen LogP contribution in [0.15, 0.2) is 12.5 Å². The van der Waals surface area contributed by atoms with E-state index in [-0.39, 0.29) is 11.3 Å². The van der Waals surface area contributed by atoms with Crippen LogP contribution < -0.4 is 5.32 Å². The molecule has 9 heteroatoms. The number of ether oxygens (including phenoxy) is 1. The average molecular weight is 305 g/mol. The van der Waals surface area contributed by atoms with E-state index >= 15 is 0 Å². The molecule has 2 heterocycles. The third-order valence-electron chi connectivity index (χ3n) is 4.18. The van der Waals surface area contributed by atoms with Crippen molar-refractivity contribution < 1.29 is 9.53 Å². The number of carbonyl (C=O) groups excluding carboxylic acids is 1. The van der Waals surface area contributed by atoms with Crippen molar-refractivity contribution in [3.63, 3.8) is 0 Å². The van der Waals surface area contributed by atoms with E-state index in [0.29, 0.717) is 24.5 Å². The lowest BCUT2D eigenvalue weighted by Gasteiger charge is -2.28. The second-order valence-corrected chi connectivity index (χ2v) is 5.71. The third kappa shape index (κ3) is 2.84. The maximum atomic E-state index is 12.4. The normalized spacial score (nSPS) is 16.8. The quantitative estimate of drug-likeness (QED) is 0.795. The third-order valence-corrected chi connectivity index (χ3v) is 4.18. The van der Waals surface area contributed by atoms with Crippen molar-refractivity contribution >= 4 is 5.91 Å². The van der Waals surface area contributed by atoms with Crippen LogP contribution in [0.3, 0.4) is 0 Å². The van der Waals surface area contributed by atoms with Crippen LogP contribution in [0.5, 0.6) is 0 Å². The van der Waals surface area contributed by atoms with Gasteiger partial charge in [-0.05, 0) is 23.3 Å². The van der Waals surface area contributed by atoms with Gasteiger partial charge in [0.2, 0.25) is 0 Å². The lowest BCUT2D eigenvalue weighted by molar-refractivity contribution is 0.0740. The zero-order chi connectivity index (χ0) is 15.4. The number of aromatic nitrogens is 6. The predicted molar refractivity (Wildman–Crippen MR) is 76.4 cm³/mol. The summed E-state index contributed by atoms with van der Waals surface area (Å²) in [4.78, 5) is 12.4. The Labute approximate surface area is 127 Å². The minimum absolute atomic E-state index is 0.0448. The van der Waals surface area contributed by atoms with Crippen molar-refractivity contribution in [2.45, 2.75) is 25.7 Å². The van der Waals surface area contributed by atoms with Gasteiger partial charge in [0.05, 0.1) is 12.8 Å². The van der Waals surface area contributed by atoms with Crippen molar-refractivity contribution in [2.24, 2.45) is 5.41 Å². The Balaban J connectivity index is 1.69. The Kier molecular flexibility index (Phi) is 4.14. The van der Waals surface area contributed by atoms with Gasteiger partial charge >= 0.3 is 0 Å². The number of hydrogen-bond acceptors (Lipinski definition) is 6. The molecule has 118 valence electrons. The number of aromatic amines is 1. The topological polar surface area (TPSA) is 111 Å². The van der Waals surface area contributed by atoms with E-state index in [4.69, 9.17) is 4.74 Å². The van der Waals surface area contributed by atoms with Gasteiger partial charge in [-0.3, -0.25) is 9.89 Å². The first-order chi connectivity index (χ1) is 10.7. The monoisotopic (exact) mass is 305 g/mol. The molecule has 9 nitrogen and oxygen atoms in total. The van der Waals surface area contributed by atoms with Crippen LogP contribution in [0, 0.1) is 5.41 Å². The second kappa shape index (κ2) is 6.22. The van der Waals surface area contributed by atoms with E-state index in [1.54, 1.807) is 7.11 Å². The van der Waals surface area contributed by atoms with Crippen molar-refractivity contribution in [1.29, 1.82) is 0 Å². The Morgan fingerprint density at radius 1 is 1.50 bits per heavy atom. The largest absolute Gasteiger partial charge is 0.384 e. The highest BCUT2D eigenvalue weighted by Crippen LogP contribution is 2.37. The van der Waals surface area contributed by atoms with Gasteiger partial charge < -0.3 is 10.1 Å². The molecule has 22 heavy (non-hydrogen) atoms. The molecule has 0 atom stereocenters. The summed E-state index contributed by atoms with van der Waals surface area (Å²) in [7, 11) is 1.70. The minimum atomic E-state index is -0.193. The first kappa shape index (κ1) is 14.6. The molecule has 1 aliphatic carbocycles. The van der Waals surface area contributed by atoms with Gasteiger partial charge in [-0.2, -0.15) is 9.78 Å². The minimum Gasteiger partial charge on any atom is -0.384 e. The van der Waals surface area contributed by atoms with Gasteiger partial charge in [0.1, 0.15) is 11.9 Å². The summed E-state index contributed by atoms with van der Waals surface area (Å²) < 4.78 is 6.71. The van der Waals surface area contributed by atoms with E-state index in [9.17, 15) is 4.79 Å². The Morgan fingerprint density at radius 2 is 2.32 bits per heavy atom. The molecule has 0 radical (unpaired) electrons. The summed E-state index contributed by atoms with van der Waals surface area (Å²) >= 11 is 0. The Hall–Kier alpha value is -2.29. The van der Waals surface area contributed by atoms with Crippen molar-refractivity contribution in [2.75, 3.05) is 20.3 Å². The van der Waals surface area contributed by atoms with E-state index in [0.717, 1.165) is 12.8 Å². The molecule has 3 rings (SSSR count). The average Bonchev–Trinajstić information content (AvgIpc) is 3.25. The number of H-pyrrole nitrogens is 1. The van der Waals surface area contributed by atoms with Gasteiger partial charge in [-0.25, -0.2) is 0 Å². The highest BCUT2D eigenvalue weighted by molar-refractivity contribution is 5.96. The van der Waals surface area contributed by atoms with Crippen LogP contribution in [-0.4, -0.2) is 56.6 Å². The summed E-state index contributed by atoms with van der Waals surface area (Å²) in [5.41, 5.74) is 0.459. The lowest BCUT2D eigenvalue weighted by Crippen LogP contribution is -2.39. The summed E-state index contributed by atoms with van der Waals surface area (Å²) in [6.45, 7) is 1.26. The fourth-order valence-electron chi connectivity index (χ4n) is 3.05. The highest BCUT2D eigenvalue weighted by Gasteiger charge is 2.34. The van der Waals surface area contributed by atoms with Gasteiger partial charge in [-0.15, -0.1) is 5.10 Å². The molecule has 0 saturated heterocycles. The smallest absolute Gasteiger partial charge is 0.256 e. The Morgan fingerprint density at radius 3 is 3.00 bits per heavy atom. The van der Waals surface area contributed by atoms with Gasteiger partial charge in [0.25, 0.3) is 5.91 Å². The van der Waals surface area contributed by atoms with Gasteiger partial charge in [-0.1, -0.05) is 12.8 Å². The molecular formula is C13H19N7O2. The summed E-state index contributed by atoms with van der Waals surface area (Å²) in [6, 6.07) is 0. The first-order valence-electron chi connectivity index (χ1n) is 7.28. The number of amides is 1. The molecular weight excluding hydrogens is 286 g/mol. The van der Waals surface area contributed by atoms with Crippen LogP contribution >= 0.6 is 0 Å². The SMILES string of the molecule is COCC1(CNC(=O)c2cn[nH]c2-n2cnnn2)CCCC1. The zero-order valence-electron chi connectivity index (χ0n) is 12.4. The van der Waals surface area contributed by atoms with Crippen molar-refractivity contribution in [1.82, 2.24) is 35.7 Å². The molecule has 2 N–H and O–H groups in total. The number of methoxy groups -OCH3 is 1. The molecule has 1 aliphatic rings. The summed E-state index contributed by atoms with van der Waals surface area (Å²) in [6.07, 6.45) is 7.40. The molecule has 0 unspecified atom stereocenters. The second-order valence-electron chi connectivity index (χ2n) is 5.71. The number of hydrogen-bond donors (Lipinski definition) is 2. The summed E-state index contributed by atoms with van der Waals surface area (Å²) in [5.74, 6) is 0.261. The number of rotatable bonds is 6. The fourth-order valence-corrected chi connectivity index (χ4v) is 3.05. The molecule has 0 aromatic carbocycles. The molecule has 1 saturated carbocycles. The van der Waals surface area contributed by atoms with Gasteiger partial charge in [0, 0.05) is 19.1 Å². The number of carbonyl (C=O) groups is 1. The molecule has 2 aromatic heterocycles. The van der Waals surface area contributed by atoms with Crippen molar-refractivity contribution in [3.8, 4) is 5.82 Å². The van der Waals surface area contributed by atoms with E-state index in [2.05, 4.69) is 31.0 Å². The first-order valence-corrected chi connectivity index (χ1v) is 7.28. The lowest BCUT2D eigenvalue weighted by atomic mass is 9.87. The summed E-state index contributed by atoms with van der Waals surface area (Å²) in [5, 5.41) is 20.5. The van der Waals surface area contributed by atoms with Crippen LogP contribution in [0.4, 0.5) is 0 Å². The van der Waals surface area contributed by atoms with E-state index in [1.165, 1.54) is 30.0 Å². The zero-order valence-corrected chi connectivity index (χ0v) is 12.4. The molecule has 1 fully saturated rings. The predicted octanol–water partition coefficient (Wildman–Crippen LogP) is 0.322. The van der Waals surface area contributed by atoms with E-state index < -0.39 is 0 Å². The number of nitrogens with zero attached hydrogens (tertiary/aromatic N) is 5. The highest BCUT2D eigenvalue weighted by atomic mass is 16.5. The molecule has 2 aromatic rings. The molecule has 0 spiro atoms. The molecule has 1 amide bonds. The maximum Gasteiger partial charge on any atom is 0.256 e. The fraction of sp³-hybridized carbons (Fsp3) is 0.615. The standard InChI is InChI=1S/C13H19N7O2/c1-22-8-13(4-2-3-5-13)7-14-12(21)10-6-15-17-11(10)20-9-16-18-19-20/h6,9H,2-5,7-8H2,1H3,(H,14,21)(H,15,17). The Bertz CT molecular complexity index is 616. The number of tetrazole rings is 1. The van der Waals surface area contributed by atoms with Gasteiger partial charge in [0.15, 0.2) is 5.82 Å². The van der Waals surface area contributed by atoms with Crippen LogP contribution in [0.1, 0.15) is 36.0 Å². The van der Waals surface area contributed by atoms with Crippen molar-refractivity contribution in [3.05, 3.63) is 18.1 Å². The van der Waals surface area contributed by atoms with Crippen LogP contribution in [0.25, 0.3) is 5.82 Å². The number of nitrogens with one attached hydrogen (secondary N) is 2. The maximum absolute atomic E-state index is 12.4. The molecule has 0 bridgehead atoms. The van der Waals surface area contributed by atoms with Crippen LogP contribution in [0.2, 0.25) is 0 Å².